The van der Waals surface area contributed by atoms with E-state index in [1.807, 2.05) is 6.92 Å². The molecule has 3 aromatic rings. The maximum Gasteiger partial charge on any atom is 0.472 e. The van der Waals surface area contributed by atoms with Crippen molar-refractivity contribution in [2.45, 2.75) is 265 Å². The normalized spacial score (nSPS) is 12.4. The number of rotatable bonds is 53. The fourth-order valence-corrected chi connectivity index (χ4v) is 10.4. The molecule has 0 saturated carbocycles. The Morgan fingerprint density at radius 3 is 1.64 bits per heavy atom. The van der Waals surface area contributed by atoms with Gasteiger partial charge in [-0.3, -0.25) is 38.0 Å². The second kappa shape index (κ2) is 51.4. The number of fused-ring (bicyclic) bond motifs is 1. The number of carboxylic acid groups (broad SMARTS) is 1. The number of nitrogens with two attached hydrogens (primary N) is 1. The molecule has 3 amide bonds. The molecule has 0 aliphatic rings. The number of phosphoric ester groups is 1. The summed E-state index contributed by atoms with van der Waals surface area (Å²) in [6.45, 7) is 7.51. The lowest BCUT2D eigenvalue weighted by Crippen LogP contribution is -2.41. The standard InChI is InChI=1S/C39H76O4.C26H34N9O11P/c1-4-6-8-10-12-14-16-18-20-22-24-26-28-30-32-34-38(40)42-36-37(3)43-39(41)35-33-31-29-27-25-23-21-19-17-15-13-11-9-7-5-2;1-2-45-47(42,43)46-12-10-29-26(41)44-11-9-28-19(36)8-7-18(24(39)40)33-22(37)15-3-5-16(6-4-15)30-13-17-14-31-21-20(32-17)23(38)35-25(27)34-21/h37H,4-36H2,1-3H3;3-6,14,18,30H,2,7-13H2,1H3,(H,28,36)(H,29,41)(H,33,37)(H,39,40)(H,42,43)(H3,27,31,34,35,38)/t;18-/m.0/s1. The van der Waals surface area contributed by atoms with Crippen molar-refractivity contribution in [3.05, 3.63) is 52.1 Å². The Balaban J connectivity index is 0.000000617. The van der Waals surface area contributed by atoms with Gasteiger partial charge in [0.2, 0.25) is 11.9 Å². The average Bonchev–Trinajstić information content (AvgIpc) is 1.44. The van der Waals surface area contributed by atoms with Gasteiger partial charge in [0.05, 0.1) is 38.2 Å². The first kappa shape index (κ1) is 79.9. The minimum absolute atomic E-state index is 0.0251. The summed E-state index contributed by atoms with van der Waals surface area (Å²) >= 11 is 0. The van der Waals surface area contributed by atoms with Gasteiger partial charge in [0.15, 0.2) is 11.2 Å². The van der Waals surface area contributed by atoms with Crippen LogP contribution in [0.15, 0.2) is 35.3 Å². The zero-order valence-electron chi connectivity index (χ0n) is 54.6. The van der Waals surface area contributed by atoms with E-state index in [0.29, 0.717) is 24.2 Å². The topological polar surface area (TPSA) is 352 Å². The number of benzene rings is 1. The molecule has 0 bridgehead atoms. The van der Waals surface area contributed by atoms with E-state index in [4.69, 9.17) is 19.9 Å². The van der Waals surface area contributed by atoms with E-state index >= 15 is 0 Å². The van der Waals surface area contributed by atoms with E-state index in [1.165, 1.54) is 192 Å². The molecule has 510 valence electrons. The van der Waals surface area contributed by atoms with Crippen LogP contribution in [-0.2, 0) is 53.5 Å². The Kier molecular flexibility index (Phi) is 45.6. The highest BCUT2D eigenvalue weighted by molar-refractivity contribution is 7.47. The number of carbonyl (C=O) groups excluding carboxylic acids is 5. The lowest BCUT2D eigenvalue weighted by molar-refractivity contribution is -0.158. The van der Waals surface area contributed by atoms with Gasteiger partial charge in [-0.05, 0) is 57.4 Å². The lowest BCUT2D eigenvalue weighted by atomic mass is 10.0. The van der Waals surface area contributed by atoms with E-state index in [-0.39, 0.29) is 99.6 Å². The van der Waals surface area contributed by atoms with Crippen molar-refractivity contribution in [2.24, 2.45) is 0 Å². The summed E-state index contributed by atoms with van der Waals surface area (Å²) in [7, 11) is -4.17. The summed E-state index contributed by atoms with van der Waals surface area (Å²) < 4.78 is 36.1. The van der Waals surface area contributed by atoms with Crippen LogP contribution in [0.4, 0.5) is 16.4 Å². The number of aromatic nitrogens is 4. The molecule has 2 aromatic heterocycles. The zero-order chi connectivity index (χ0) is 65.9. The Hall–Kier alpha value is -6.23. The van der Waals surface area contributed by atoms with Crippen LogP contribution in [0.3, 0.4) is 0 Å². The smallest absolute Gasteiger partial charge is 0.472 e. The summed E-state index contributed by atoms with van der Waals surface area (Å²) in [6, 6.07) is 4.77. The first-order chi connectivity index (χ1) is 43.5. The van der Waals surface area contributed by atoms with Crippen LogP contribution < -0.4 is 32.6 Å². The van der Waals surface area contributed by atoms with Crippen LogP contribution in [0.5, 0.6) is 0 Å². The van der Waals surface area contributed by atoms with E-state index in [9.17, 15) is 48.1 Å². The highest BCUT2D eigenvalue weighted by Crippen LogP contribution is 2.42. The highest BCUT2D eigenvalue weighted by atomic mass is 31.2. The first-order valence-electron chi connectivity index (χ1n) is 33.5. The molecule has 2 heterocycles. The van der Waals surface area contributed by atoms with E-state index in [2.05, 4.69) is 64.1 Å². The Labute approximate surface area is 534 Å². The third kappa shape index (κ3) is 41.9. The number of alkyl carbamates (subject to hydrolysis) is 1. The molecular formula is C65H110N9O15P. The second-order valence-corrected chi connectivity index (χ2v) is 24.3. The largest absolute Gasteiger partial charge is 0.480 e. The summed E-state index contributed by atoms with van der Waals surface area (Å²) in [5, 5.41) is 19.7. The molecule has 0 spiro atoms. The lowest BCUT2D eigenvalue weighted by Gasteiger charge is -2.15. The van der Waals surface area contributed by atoms with Crippen molar-refractivity contribution >= 4 is 66.4 Å². The third-order valence-corrected chi connectivity index (χ3v) is 15.8. The molecule has 25 heteroatoms. The van der Waals surface area contributed by atoms with Crippen LogP contribution in [-0.4, -0.2) is 117 Å². The van der Waals surface area contributed by atoms with Crippen molar-refractivity contribution in [3.63, 3.8) is 0 Å². The van der Waals surface area contributed by atoms with Crippen LogP contribution in [0.1, 0.15) is 262 Å². The number of amides is 3. The number of unbranched alkanes of at least 4 members (excludes halogenated alkanes) is 28. The number of ether oxygens (including phenoxy) is 3. The fraction of sp³-hybridized carbons (Fsp3) is 0.723. The number of carboxylic acids is 1. The Morgan fingerprint density at radius 2 is 1.13 bits per heavy atom. The number of carbonyl (C=O) groups is 6. The number of H-pyrrole nitrogens is 1. The highest BCUT2D eigenvalue weighted by Gasteiger charge is 2.23. The first-order valence-corrected chi connectivity index (χ1v) is 35.0. The van der Waals surface area contributed by atoms with Crippen LogP contribution >= 0.6 is 7.82 Å². The molecule has 1 aromatic carbocycles. The van der Waals surface area contributed by atoms with Gasteiger partial charge in [0, 0.05) is 37.1 Å². The number of nitrogen functional groups attached to an aromatic ring is 1. The van der Waals surface area contributed by atoms with Gasteiger partial charge < -0.3 is 51.2 Å². The molecule has 9 N–H and O–H groups in total. The van der Waals surface area contributed by atoms with Crippen LogP contribution in [0.2, 0.25) is 0 Å². The molecule has 0 aliphatic carbocycles. The number of nitrogens with zero attached hydrogens (tertiary/aromatic N) is 3. The van der Waals surface area contributed by atoms with E-state index in [1.54, 1.807) is 12.1 Å². The summed E-state index contributed by atoms with van der Waals surface area (Å²) in [6.07, 6.45) is 40.2. The predicted octanol–water partition coefficient (Wildman–Crippen LogP) is 12.9. The maximum absolute atomic E-state index is 12.7. The molecule has 0 radical (unpaired) electrons. The molecule has 24 nitrogen and oxygen atoms in total. The maximum atomic E-state index is 12.7. The van der Waals surface area contributed by atoms with Gasteiger partial charge in [0.1, 0.15) is 25.4 Å². The number of hydrogen-bond acceptors (Lipinski definition) is 18. The second-order valence-electron chi connectivity index (χ2n) is 22.8. The number of nitrogens with one attached hydrogen (secondary N) is 5. The third-order valence-electron chi connectivity index (χ3n) is 14.7. The quantitative estimate of drug-likeness (QED) is 0.0113. The monoisotopic (exact) mass is 1290 g/mol. The Morgan fingerprint density at radius 1 is 0.633 bits per heavy atom. The van der Waals surface area contributed by atoms with Crippen LogP contribution in [0.25, 0.3) is 11.2 Å². The van der Waals surface area contributed by atoms with Gasteiger partial charge >= 0.3 is 31.8 Å². The van der Waals surface area contributed by atoms with E-state index < -0.39 is 43.3 Å². The summed E-state index contributed by atoms with van der Waals surface area (Å²) in [5.74, 6) is -2.94. The molecule has 2 unspecified atom stereocenters. The van der Waals surface area contributed by atoms with Crippen LogP contribution in [0, 0.1) is 0 Å². The van der Waals surface area contributed by atoms with Crippen molar-refractivity contribution in [3.8, 4) is 0 Å². The SMILES string of the molecule is CCCCCCCCCCCCCCCCCC(=O)OCC(C)OC(=O)CCCCCCCCCCCCCCCCC.CCOP(=O)(O)OCCNC(=O)OCCNC(=O)CC[C@H](NC(=O)c1ccc(NCc2cnc3nc(N)[nH]c(=O)c3n2)cc1)C(=O)O. The predicted molar refractivity (Wildman–Crippen MR) is 350 cm³/mol. The number of esters is 2. The number of phosphoric acid groups is 1. The van der Waals surface area contributed by atoms with Gasteiger partial charge in [-0.15, -0.1) is 0 Å². The van der Waals surface area contributed by atoms with Gasteiger partial charge in [-0.25, -0.2) is 24.1 Å². The minimum Gasteiger partial charge on any atom is -0.480 e. The molecule has 3 rings (SSSR count). The average molecular weight is 1290 g/mol. The molecular weight excluding hydrogens is 1180 g/mol. The van der Waals surface area contributed by atoms with E-state index in [0.717, 1.165) is 25.7 Å². The van der Waals surface area contributed by atoms with Gasteiger partial charge in [0.25, 0.3) is 11.5 Å². The van der Waals surface area contributed by atoms with Gasteiger partial charge in [-0.1, -0.05) is 194 Å². The Bertz CT molecular complexity index is 2560. The minimum atomic E-state index is -4.17. The summed E-state index contributed by atoms with van der Waals surface area (Å²) in [4.78, 5) is 108. The molecule has 0 aliphatic heterocycles. The van der Waals surface area contributed by atoms with Crippen molar-refractivity contribution < 1.29 is 66.6 Å². The number of aromatic amines is 1. The van der Waals surface area contributed by atoms with Gasteiger partial charge in [-0.2, -0.15) is 4.98 Å². The molecule has 3 atom stereocenters. The van der Waals surface area contributed by atoms with Crippen molar-refractivity contribution in [1.29, 1.82) is 0 Å². The number of hydrogen-bond donors (Lipinski definition) is 8. The number of aliphatic carboxylic acids is 1. The molecule has 90 heavy (non-hydrogen) atoms. The molecule has 0 saturated heterocycles. The molecule has 0 fully saturated rings. The van der Waals surface area contributed by atoms with Crippen molar-refractivity contribution in [2.75, 3.05) is 50.6 Å². The van der Waals surface area contributed by atoms with Crippen molar-refractivity contribution in [1.82, 2.24) is 35.9 Å². The zero-order valence-corrected chi connectivity index (χ0v) is 55.5. The summed E-state index contributed by atoms with van der Waals surface area (Å²) in [5.41, 5.74) is 6.35. The number of anilines is 2. The fourth-order valence-electron chi connectivity index (χ4n) is 9.63.